The molecule has 0 aliphatic carbocycles. The smallest absolute Gasteiger partial charge is 0.203 e. The molecule has 0 aliphatic rings. The van der Waals surface area contributed by atoms with Crippen molar-refractivity contribution in [2.75, 3.05) is 27.4 Å². The molecule has 5 nitrogen and oxygen atoms in total. The van der Waals surface area contributed by atoms with E-state index in [1.54, 1.807) is 20.5 Å². The lowest BCUT2D eigenvalue weighted by Crippen LogP contribution is -2.15. The van der Waals surface area contributed by atoms with Gasteiger partial charge in [-0.1, -0.05) is 6.07 Å². The van der Waals surface area contributed by atoms with Crippen molar-refractivity contribution in [2.24, 2.45) is 0 Å². The van der Waals surface area contributed by atoms with Gasteiger partial charge in [0.05, 0.1) is 33.6 Å². The summed E-state index contributed by atoms with van der Waals surface area (Å²) in [6.07, 6.45) is 3.66. The van der Waals surface area contributed by atoms with Gasteiger partial charge in [0.15, 0.2) is 11.5 Å². The zero-order valence-corrected chi connectivity index (χ0v) is 13.1. The zero-order chi connectivity index (χ0) is 15.6. The van der Waals surface area contributed by atoms with Crippen LogP contribution in [-0.2, 0) is 6.54 Å². The van der Waals surface area contributed by atoms with Crippen LogP contribution in [0.25, 0.3) is 0 Å². The van der Waals surface area contributed by atoms with Crippen molar-refractivity contribution in [1.82, 2.24) is 5.32 Å². The van der Waals surface area contributed by atoms with Crippen LogP contribution in [0.5, 0.6) is 17.2 Å². The minimum absolute atomic E-state index is 0.624. The maximum absolute atomic E-state index is 5.81. The molecule has 1 heterocycles. The van der Waals surface area contributed by atoms with Gasteiger partial charge < -0.3 is 23.9 Å². The fourth-order valence-electron chi connectivity index (χ4n) is 2.11. The summed E-state index contributed by atoms with van der Waals surface area (Å²) in [5, 5.41) is 3.33. The molecule has 0 fully saturated rings. The maximum Gasteiger partial charge on any atom is 0.203 e. The monoisotopic (exact) mass is 305 g/mol. The van der Waals surface area contributed by atoms with Gasteiger partial charge in [-0.2, -0.15) is 0 Å². The highest BCUT2D eigenvalue weighted by molar-refractivity contribution is 5.51. The third-order valence-corrected chi connectivity index (χ3v) is 3.26. The van der Waals surface area contributed by atoms with E-state index in [0.717, 1.165) is 31.7 Å². The summed E-state index contributed by atoms with van der Waals surface area (Å²) in [6, 6.07) is 9.46. The first kappa shape index (κ1) is 16.2. The van der Waals surface area contributed by atoms with Crippen molar-refractivity contribution < 1.29 is 18.6 Å². The predicted octanol–water partition coefficient (Wildman–Crippen LogP) is 3.25. The normalized spacial score (nSPS) is 10.5. The lowest BCUT2D eigenvalue weighted by Gasteiger charge is -2.14. The molecule has 1 aromatic heterocycles. The van der Waals surface area contributed by atoms with Crippen LogP contribution in [-0.4, -0.2) is 27.4 Å². The van der Waals surface area contributed by atoms with Crippen LogP contribution < -0.4 is 19.5 Å². The number of benzene rings is 1. The Balaban J connectivity index is 1.66. The van der Waals surface area contributed by atoms with E-state index in [0.29, 0.717) is 23.9 Å². The molecule has 0 spiro atoms. The first-order valence-corrected chi connectivity index (χ1v) is 7.42. The summed E-state index contributed by atoms with van der Waals surface area (Å²) in [6.45, 7) is 2.31. The number of hydrogen-bond acceptors (Lipinski definition) is 5. The second-order valence-corrected chi connectivity index (χ2v) is 4.80. The molecule has 1 aromatic carbocycles. The Kier molecular flexibility index (Phi) is 6.64. The molecule has 0 amide bonds. The minimum atomic E-state index is 0.624. The predicted molar refractivity (Wildman–Crippen MR) is 84.7 cm³/mol. The number of nitrogens with one attached hydrogen (secondary N) is 1. The summed E-state index contributed by atoms with van der Waals surface area (Å²) in [4.78, 5) is 0. The average Bonchev–Trinajstić information content (AvgIpc) is 3.07. The maximum atomic E-state index is 5.81. The van der Waals surface area contributed by atoms with Gasteiger partial charge in [0, 0.05) is 0 Å². The Morgan fingerprint density at radius 1 is 1.00 bits per heavy atom. The largest absolute Gasteiger partial charge is 0.493 e. The second kappa shape index (κ2) is 9.00. The van der Waals surface area contributed by atoms with Crippen molar-refractivity contribution >= 4 is 0 Å². The Hall–Kier alpha value is -2.14. The molecule has 0 bridgehead atoms. The fourth-order valence-corrected chi connectivity index (χ4v) is 2.11. The molecular formula is C17H23NO4. The number of furan rings is 1. The lowest BCUT2D eigenvalue weighted by molar-refractivity contribution is 0.268. The molecule has 2 rings (SSSR count). The van der Waals surface area contributed by atoms with Crippen molar-refractivity contribution in [3.05, 3.63) is 42.4 Å². The number of para-hydroxylation sites is 1. The molecule has 0 saturated carbocycles. The number of unbranched alkanes of at least 4 members (excludes halogenated alkanes) is 1. The number of ether oxygens (including phenoxy) is 3. The zero-order valence-electron chi connectivity index (χ0n) is 13.1. The Labute approximate surface area is 131 Å². The van der Waals surface area contributed by atoms with Gasteiger partial charge in [0.25, 0.3) is 0 Å². The summed E-state index contributed by atoms with van der Waals surface area (Å²) in [5.74, 6) is 3.00. The van der Waals surface area contributed by atoms with Gasteiger partial charge in [-0.3, -0.25) is 0 Å². The average molecular weight is 305 g/mol. The SMILES string of the molecule is COc1cccc(OC)c1OCCCCNCc1ccco1. The Morgan fingerprint density at radius 2 is 1.77 bits per heavy atom. The van der Waals surface area contributed by atoms with Crippen LogP contribution in [0, 0.1) is 0 Å². The van der Waals surface area contributed by atoms with Gasteiger partial charge in [-0.15, -0.1) is 0 Å². The van der Waals surface area contributed by atoms with E-state index in [1.165, 1.54) is 0 Å². The minimum Gasteiger partial charge on any atom is -0.493 e. The fraction of sp³-hybridized carbons (Fsp3) is 0.412. The van der Waals surface area contributed by atoms with Crippen LogP contribution >= 0.6 is 0 Å². The van der Waals surface area contributed by atoms with Crippen LogP contribution in [0.3, 0.4) is 0 Å². The summed E-state index contributed by atoms with van der Waals surface area (Å²) in [5.41, 5.74) is 0. The summed E-state index contributed by atoms with van der Waals surface area (Å²) >= 11 is 0. The van der Waals surface area contributed by atoms with Crippen molar-refractivity contribution in [3.63, 3.8) is 0 Å². The van der Waals surface area contributed by atoms with E-state index < -0.39 is 0 Å². The van der Waals surface area contributed by atoms with Gasteiger partial charge in [0.2, 0.25) is 5.75 Å². The first-order valence-electron chi connectivity index (χ1n) is 7.42. The molecule has 0 saturated heterocycles. The number of hydrogen-bond donors (Lipinski definition) is 1. The standard InChI is InChI=1S/C17H23NO4/c1-19-15-8-5-9-16(20-2)17(15)22-11-4-3-10-18-13-14-7-6-12-21-14/h5-9,12,18H,3-4,10-11,13H2,1-2H3. The Bertz CT molecular complexity index is 517. The van der Waals surface area contributed by atoms with Crippen LogP contribution in [0.1, 0.15) is 18.6 Å². The topological polar surface area (TPSA) is 52.9 Å². The van der Waals surface area contributed by atoms with E-state index >= 15 is 0 Å². The van der Waals surface area contributed by atoms with Gasteiger partial charge in [-0.05, 0) is 43.7 Å². The van der Waals surface area contributed by atoms with Crippen molar-refractivity contribution in [1.29, 1.82) is 0 Å². The first-order chi connectivity index (χ1) is 10.8. The Morgan fingerprint density at radius 3 is 2.41 bits per heavy atom. The van der Waals surface area contributed by atoms with Gasteiger partial charge in [0.1, 0.15) is 5.76 Å². The van der Waals surface area contributed by atoms with Crippen molar-refractivity contribution in [2.45, 2.75) is 19.4 Å². The van der Waals surface area contributed by atoms with E-state index in [-0.39, 0.29) is 0 Å². The molecule has 0 unspecified atom stereocenters. The van der Waals surface area contributed by atoms with Crippen LogP contribution in [0.15, 0.2) is 41.0 Å². The second-order valence-electron chi connectivity index (χ2n) is 4.80. The molecule has 1 N–H and O–H groups in total. The quantitative estimate of drug-likeness (QED) is 0.683. The molecule has 0 atom stereocenters. The number of methoxy groups -OCH3 is 2. The highest BCUT2D eigenvalue weighted by Gasteiger charge is 2.10. The van der Waals surface area contributed by atoms with E-state index in [1.807, 2.05) is 30.3 Å². The van der Waals surface area contributed by atoms with Gasteiger partial charge in [-0.25, -0.2) is 0 Å². The molecular weight excluding hydrogens is 282 g/mol. The third-order valence-electron chi connectivity index (χ3n) is 3.26. The lowest BCUT2D eigenvalue weighted by atomic mass is 10.3. The highest BCUT2D eigenvalue weighted by atomic mass is 16.5. The molecule has 5 heteroatoms. The van der Waals surface area contributed by atoms with Crippen LogP contribution in [0.4, 0.5) is 0 Å². The molecule has 22 heavy (non-hydrogen) atoms. The molecule has 2 aromatic rings. The van der Waals surface area contributed by atoms with E-state index in [2.05, 4.69) is 5.32 Å². The molecule has 0 aliphatic heterocycles. The number of rotatable bonds is 10. The summed E-state index contributed by atoms with van der Waals surface area (Å²) in [7, 11) is 3.25. The highest BCUT2D eigenvalue weighted by Crippen LogP contribution is 2.36. The van der Waals surface area contributed by atoms with E-state index in [4.69, 9.17) is 18.6 Å². The third kappa shape index (κ3) is 4.70. The summed E-state index contributed by atoms with van der Waals surface area (Å²) < 4.78 is 21.7. The van der Waals surface area contributed by atoms with Gasteiger partial charge >= 0.3 is 0 Å². The van der Waals surface area contributed by atoms with Crippen LogP contribution in [0.2, 0.25) is 0 Å². The van der Waals surface area contributed by atoms with Crippen molar-refractivity contribution in [3.8, 4) is 17.2 Å². The molecule has 120 valence electrons. The van der Waals surface area contributed by atoms with E-state index in [9.17, 15) is 0 Å². The molecule has 0 radical (unpaired) electrons.